The van der Waals surface area contributed by atoms with Crippen molar-refractivity contribution in [3.05, 3.63) is 35.9 Å². The van der Waals surface area contributed by atoms with Gasteiger partial charge in [-0.05, 0) is 0 Å². The summed E-state index contributed by atoms with van der Waals surface area (Å²) in [6.07, 6.45) is 1.09. The Bertz CT molecular complexity index is 442. The number of rotatable bonds is 5. The molecule has 0 amide bonds. The summed E-state index contributed by atoms with van der Waals surface area (Å²) in [7, 11) is -3.16. The molecule has 0 radical (unpaired) electrons. The summed E-state index contributed by atoms with van der Waals surface area (Å²) in [5, 5.41) is -0.0455. The third-order valence-corrected chi connectivity index (χ3v) is 3.34. The monoisotopic (exact) mass is 259 g/mol. The first-order valence-electron chi connectivity index (χ1n) is 4.66. The summed E-state index contributed by atoms with van der Waals surface area (Å²) in [5.41, 5.74) is 0.631. The summed E-state index contributed by atoms with van der Waals surface area (Å²) in [6, 6.07) is 8.90. The highest BCUT2D eigenvalue weighted by Gasteiger charge is 2.06. The molecule has 1 N–H and O–H groups in total. The average molecular weight is 259 g/mol. The second-order valence-electron chi connectivity index (χ2n) is 3.17. The Kier molecular flexibility index (Phi) is 4.98. The molecule has 0 aromatic heterocycles. The van der Waals surface area contributed by atoms with E-state index in [2.05, 4.69) is 4.72 Å². The Morgan fingerprint density at radius 3 is 2.50 bits per heavy atom. The third kappa shape index (κ3) is 5.29. The molecule has 1 rings (SSSR count). The summed E-state index contributed by atoms with van der Waals surface area (Å²) >= 11 is 1.10. The number of benzene rings is 1. The predicted octanol–water partition coefficient (Wildman–Crippen LogP) is 1.11. The number of hydrogen-bond acceptors (Lipinski definition) is 4. The first-order chi connectivity index (χ1) is 7.49. The van der Waals surface area contributed by atoms with Gasteiger partial charge in [0, 0.05) is 17.9 Å². The van der Waals surface area contributed by atoms with Crippen molar-refractivity contribution in [1.29, 1.82) is 0 Å². The van der Waals surface area contributed by atoms with Gasteiger partial charge >= 0.3 is 0 Å². The SMILES string of the molecule is CS(=O)(=O)NCCSC(=O)c1ccccc1. The van der Waals surface area contributed by atoms with Gasteiger partial charge in [-0.15, -0.1) is 0 Å². The standard InChI is InChI=1S/C10H13NO3S2/c1-16(13,14)11-7-8-15-10(12)9-5-3-2-4-6-9/h2-6,11H,7-8H2,1H3. The molecule has 4 nitrogen and oxygen atoms in total. The molecule has 0 aliphatic rings. The second kappa shape index (κ2) is 6.03. The van der Waals surface area contributed by atoms with Crippen molar-refractivity contribution in [2.75, 3.05) is 18.6 Å². The molecule has 0 saturated heterocycles. The number of hydrogen-bond donors (Lipinski definition) is 1. The normalized spacial score (nSPS) is 11.3. The Morgan fingerprint density at radius 2 is 1.94 bits per heavy atom. The van der Waals surface area contributed by atoms with Crippen LogP contribution < -0.4 is 4.72 Å². The zero-order valence-electron chi connectivity index (χ0n) is 8.84. The highest BCUT2D eigenvalue weighted by atomic mass is 32.2. The molecule has 0 fully saturated rings. The van der Waals surface area contributed by atoms with Crippen molar-refractivity contribution in [3.63, 3.8) is 0 Å². The maximum absolute atomic E-state index is 11.6. The van der Waals surface area contributed by atoms with E-state index in [9.17, 15) is 13.2 Å². The van der Waals surface area contributed by atoms with Crippen molar-refractivity contribution in [3.8, 4) is 0 Å². The quantitative estimate of drug-likeness (QED) is 0.805. The van der Waals surface area contributed by atoms with Crippen molar-refractivity contribution in [2.24, 2.45) is 0 Å². The lowest BCUT2D eigenvalue weighted by Crippen LogP contribution is -2.24. The maximum Gasteiger partial charge on any atom is 0.219 e. The molecule has 1 aromatic carbocycles. The van der Waals surface area contributed by atoms with Gasteiger partial charge in [0.2, 0.25) is 15.1 Å². The summed E-state index contributed by atoms with van der Waals surface area (Å²) in [4.78, 5) is 11.6. The van der Waals surface area contributed by atoms with Crippen LogP contribution in [0.2, 0.25) is 0 Å². The van der Waals surface area contributed by atoms with E-state index in [0.29, 0.717) is 11.3 Å². The molecule has 16 heavy (non-hydrogen) atoms. The van der Waals surface area contributed by atoms with E-state index in [1.165, 1.54) is 0 Å². The number of carbonyl (C=O) groups excluding carboxylic acids is 1. The minimum absolute atomic E-state index is 0.0455. The fourth-order valence-electron chi connectivity index (χ4n) is 1.03. The largest absolute Gasteiger partial charge is 0.282 e. The number of thioether (sulfide) groups is 1. The van der Waals surface area contributed by atoms with E-state index in [4.69, 9.17) is 0 Å². The van der Waals surface area contributed by atoms with Crippen LogP contribution in [-0.4, -0.2) is 32.1 Å². The van der Waals surface area contributed by atoms with Crippen LogP contribution in [0.3, 0.4) is 0 Å². The topological polar surface area (TPSA) is 63.2 Å². The van der Waals surface area contributed by atoms with Gasteiger partial charge < -0.3 is 0 Å². The predicted molar refractivity (Wildman–Crippen MR) is 66.1 cm³/mol. The summed E-state index contributed by atoms with van der Waals surface area (Å²) in [5.74, 6) is 0.431. The Hall–Kier alpha value is -0.850. The van der Waals surface area contributed by atoms with Crippen LogP contribution in [0.4, 0.5) is 0 Å². The first kappa shape index (κ1) is 13.2. The Morgan fingerprint density at radius 1 is 1.31 bits per heavy atom. The molecule has 88 valence electrons. The molecule has 0 heterocycles. The highest BCUT2D eigenvalue weighted by Crippen LogP contribution is 2.11. The minimum atomic E-state index is -3.16. The van der Waals surface area contributed by atoms with Gasteiger partial charge in [-0.25, -0.2) is 13.1 Å². The van der Waals surface area contributed by atoms with Crippen LogP contribution in [0, 0.1) is 0 Å². The van der Waals surface area contributed by atoms with Crippen molar-refractivity contribution in [1.82, 2.24) is 4.72 Å². The van der Waals surface area contributed by atoms with E-state index in [1.807, 2.05) is 6.07 Å². The smallest absolute Gasteiger partial charge is 0.219 e. The van der Waals surface area contributed by atoms with Gasteiger partial charge in [-0.1, -0.05) is 42.1 Å². The van der Waals surface area contributed by atoms with E-state index in [-0.39, 0.29) is 11.7 Å². The fourth-order valence-corrected chi connectivity index (χ4v) is 2.32. The lowest BCUT2D eigenvalue weighted by molar-refractivity contribution is 0.108. The minimum Gasteiger partial charge on any atom is -0.282 e. The van der Waals surface area contributed by atoms with Crippen LogP contribution in [0.1, 0.15) is 10.4 Å². The lowest BCUT2D eigenvalue weighted by atomic mass is 10.2. The highest BCUT2D eigenvalue weighted by molar-refractivity contribution is 8.14. The number of carbonyl (C=O) groups is 1. The van der Waals surface area contributed by atoms with Crippen LogP contribution in [0.5, 0.6) is 0 Å². The van der Waals surface area contributed by atoms with Gasteiger partial charge in [0.1, 0.15) is 0 Å². The fraction of sp³-hybridized carbons (Fsp3) is 0.300. The molecular formula is C10H13NO3S2. The van der Waals surface area contributed by atoms with Gasteiger partial charge in [0.15, 0.2) is 0 Å². The van der Waals surface area contributed by atoms with Gasteiger partial charge in [0.05, 0.1) is 6.26 Å². The molecule has 0 atom stereocenters. The third-order valence-electron chi connectivity index (χ3n) is 1.71. The molecule has 0 bridgehead atoms. The molecule has 1 aromatic rings. The van der Waals surface area contributed by atoms with Crippen molar-refractivity contribution >= 4 is 26.9 Å². The van der Waals surface area contributed by atoms with E-state index >= 15 is 0 Å². The van der Waals surface area contributed by atoms with E-state index in [0.717, 1.165) is 18.0 Å². The summed E-state index contributed by atoms with van der Waals surface area (Å²) in [6.45, 7) is 0.266. The lowest BCUT2D eigenvalue weighted by Gasteiger charge is -2.01. The van der Waals surface area contributed by atoms with E-state index in [1.54, 1.807) is 24.3 Å². The van der Waals surface area contributed by atoms with Crippen LogP contribution in [0.25, 0.3) is 0 Å². The van der Waals surface area contributed by atoms with Crippen molar-refractivity contribution < 1.29 is 13.2 Å². The average Bonchev–Trinajstić information content (AvgIpc) is 2.24. The second-order valence-corrected chi connectivity index (χ2v) is 6.07. The molecule has 0 aliphatic heterocycles. The van der Waals surface area contributed by atoms with Crippen molar-refractivity contribution in [2.45, 2.75) is 0 Å². The van der Waals surface area contributed by atoms with Gasteiger partial charge in [-0.3, -0.25) is 4.79 Å². The Labute approximate surface area is 99.5 Å². The number of nitrogens with one attached hydrogen (secondary N) is 1. The number of sulfonamides is 1. The van der Waals surface area contributed by atoms with E-state index < -0.39 is 10.0 Å². The zero-order chi connectivity index (χ0) is 12.0. The Balaban J connectivity index is 2.32. The first-order valence-corrected chi connectivity index (χ1v) is 7.53. The van der Waals surface area contributed by atoms with Crippen LogP contribution in [0.15, 0.2) is 30.3 Å². The van der Waals surface area contributed by atoms with Crippen LogP contribution in [-0.2, 0) is 10.0 Å². The van der Waals surface area contributed by atoms with Gasteiger partial charge in [0.25, 0.3) is 0 Å². The molecule has 0 spiro atoms. The van der Waals surface area contributed by atoms with Gasteiger partial charge in [-0.2, -0.15) is 0 Å². The molecule has 0 aliphatic carbocycles. The zero-order valence-corrected chi connectivity index (χ0v) is 10.5. The van der Waals surface area contributed by atoms with Crippen LogP contribution >= 0.6 is 11.8 Å². The molecular weight excluding hydrogens is 246 g/mol. The maximum atomic E-state index is 11.6. The molecule has 0 unspecified atom stereocenters. The summed E-state index contributed by atoms with van der Waals surface area (Å²) < 4.78 is 23.8. The molecule has 6 heteroatoms. The molecule has 0 saturated carbocycles.